The number of nitrogens with zero attached hydrogens (tertiary/aromatic N) is 3. The smallest absolute Gasteiger partial charge is 0.358 e. The third-order valence-corrected chi connectivity index (χ3v) is 5.07. The highest BCUT2D eigenvalue weighted by Crippen LogP contribution is 2.36. The molecular weight excluding hydrogens is 403 g/mol. The quantitative estimate of drug-likeness (QED) is 0.293. The molecule has 0 saturated heterocycles. The van der Waals surface area contributed by atoms with E-state index in [2.05, 4.69) is 15.3 Å². The van der Waals surface area contributed by atoms with Crippen molar-refractivity contribution in [1.82, 2.24) is 9.97 Å². The van der Waals surface area contributed by atoms with Gasteiger partial charge in [-0.15, -0.1) is 0 Å². The van der Waals surface area contributed by atoms with Crippen molar-refractivity contribution in [3.8, 4) is 11.8 Å². The number of nitro groups is 1. The van der Waals surface area contributed by atoms with Crippen molar-refractivity contribution in [2.45, 2.75) is 6.54 Å². The van der Waals surface area contributed by atoms with Gasteiger partial charge < -0.3 is 24.6 Å². The monoisotopic (exact) mass is 420 g/mol. The van der Waals surface area contributed by atoms with Crippen LogP contribution in [0.5, 0.6) is 11.8 Å². The number of fused-ring (bicyclic) bond motifs is 1. The highest BCUT2D eigenvalue weighted by atomic mass is 31.2. The van der Waals surface area contributed by atoms with E-state index < -0.39 is 12.5 Å². The summed E-state index contributed by atoms with van der Waals surface area (Å²) < 4.78 is 21.9. The summed E-state index contributed by atoms with van der Waals surface area (Å²) in [5.74, 6) is 0.178. The van der Waals surface area contributed by atoms with Crippen molar-refractivity contribution in [3.63, 3.8) is 0 Å². The number of ether oxygens (including phenoxy) is 2. The fraction of sp³-hybridized carbons (Fsp3) is 0.176. The van der Waals surface area contributed by atoms with Crippen LogP contribution in [-0.4, -0.2) is 38.9 Å². The highest BCUT2D eigenvalue weighted by Gasteiger charge is 2.22. The average Bonchev–Trinajstić information content (AvgIpc) is 2.70. The molecule has 3 N–H and O–H groups in total. The van der Waals surface area contributed by atoms with Crippen LogP contribution < -0.4 is 20.1 Å². The second-order valence-electron chi connectivity index (χ2n) is 5.89. The highest BCUT2D eigenvalue weighted by molar-refractivity contribution is 7.60. The first kappa shape index (κ1) is 20.5. The van der Waals surface area contributed by atoms with Crippen LogP contribution in [0.4, 0.5) is 11.4 Å². The van der Waals surface area contributed by atoms with Gasteiger partial charge in [-0.25, -0.2) is 9.97 Å². The summed E-state index contributed by atoms with van der Waals surface area (Å²) in [4.78, 5) is 38.3. The molecule has 11 nitrogen and oxygen atoms in total. The molecule has 29 heavy (non-hydrogen) atoms. The minimum Gasteiger partial charge on any atom is -0.477 e. The largest absolute Gasteiger partial charge is 0.477 e. The van der Waals surface area contributed by atoms with Gasteiger partial charge in [0.2, 0.25) is 0 Å². The van der Waals surface area contributed by atoms with E-state index in [0.29, 0.717) is 11.1 Å². The zero-order chi connectivity index (χ0) is 21.2. The van der Waals surface area contributed by atoms with E-state index in [0.717, 1.165) is 0 Å². The zero-order valence-electron chi connectivity index (χ0n) is 15.4. The van der Waals surface area contributed by atoms with Crippen molar-refractivity contribution < 1.29 is 28.7 Å². The Morgan fingerprint density at radius 3 is 2.41 bits per heavy atom. The average molecular weight is 420 g/mol. The van der Waals surface area contributed by atoms with Crippen LogP contribution in [0.3, 0.4) is 0 Å². The number of non-ortho nitro benzene ring substituents is 1. The fourth-order valence-electron chi connectivity index (χ4n) is 2.76. The summed E-state index contributed by atoms with van der Waals surface area (Å²) in [6.45, 7) is -0.000638. The maximum absolute atomic E-state index is 11.7. The van der Waals surface area contributed by atoms with Crippen LogP contribution in [-0.2, 0) is 11.1 Å². The summed E-state index contributed by atoms with van der Waals surface area (Å²) in [5, 5.41) is 14.0. The van der Waals surface area contributed by atoms with Crippen molar-refractivity contribution in [3.05, 3.63) is 52.1 Å². The van der Waals surface area contributed by atoms with E-state index in [-0.39, 0.29) is 40.5 Å². The van der Waals surface area contributed by atoms with Gasteiger partial charge in [-0.1, -0.05) is 12.1 Å². The van der Waals surface area contributed by atoms with E-state index in [9.17, 15) is 24.5 Å². The summed E-state index contributed by atoms with van der Waals surface area (Å²) >= 11 is 0. The summed E-state index contributed by atoms with van der Waals surface area (Å²) in [6, 6.07) is 8.50. The number of para-hydroxylation sites is 1. The Hall–Kier alpha value is -3.27. The molecule has 0 spiro atoms. The molecule has 0 bridgehead atoms. The van der Waals surface area contributed by atoms with E-state index in [1.807, 2.05) is 0 Å². The van der Waals surface area contributed by atoms with Crippen LogP contribution in [0.15, 0.2) is 36.4 Å². The molecule has 0 radical (unpaired) electrons. The molecule has 0 aliphatic heterocycles. The Labute approximate surface area is 164 Å². The molecule has 1 aromatic heterocycles. The molecule has 152 valence electrons. The van der Waals surface area contributed by atoms with Gasteiger partial charge in [0, 0.05) is 29.9 Å². The number of rotatable bonds is 7. The van der Waals surface area contributed by atoms with Gasteiger partial charge in [-0.05, 0) is 12.1 Å². The van der Waals surface area contributed by atoms with Gasteiger partial charge in [-0.2, -0.15) is 0 Å². The van der Waals surface area contributed by atoms with Crippen molar-refractivity contribution in [2.24, 2.45) is 0 Å². The molecule has 12 heteroatoms. The standard InChI is InChI=1S/C17H17N4O7P/c1-27-16-17(28-2)20-15-10(7-11(21(22)23)8-13(15)19-16)9-18-12-5-3-4-6-14(12)29(24,25)26/h3-8,18H,9H2,1-2H3,(H2,24,25,26). The fourth-order valence-corrected chi connectivity index (χ4v) is 3.50. The molecule has 1 heterocycles. The van der Waals surface area contributed by atoms with Gasteiger partial charge >= 0.3 is 7.60 Å². The molecule has 0 aliphatic rings. The number of hydrogen-bond donors (Lipinski definition) is 3. The second-order valence-corrected chi connectivity index (χ2v) is 7.46. The Kier molecular flexibility index (Phi) is 5.64. The molecule has 0 aliphatic carbocycles. The number of nitro benzene ring substituents is 1. The summed E-state index contributed by atoms with van der Waals surface area (Å²) in [7, 11) is -1.75. The normalized spacial score (nSPS) is 11.3. The minimum absolute atomic E-state index is 0.000638. The first-order valence-corrected chi connectivity index (χ1v) is 9.82. The topological polar surface area (TPSA) is 157 Å². The summed E-state index contributed by atoms with van der Waals surface area (Å²) in [5.41, 5.74) is 0.933. The zero-order valence-corrected chi connectivity index (χ0v) is 16.3. The van der Waals surface area contributed by atoms with Crippen molar-refractivity contribution >= 4 is 35.3 Å². The van der Waals surface area contributed by atoms with Gasteiger partial charge in [0.15, 0.2) is 0 Å². The Morgan fingerprint density at radius 2 is 1.79 bits per heavy atom. The number of benzene rings is 2. The van der Waals surface area contributed by atoms with Crippen LogP contribution in [0.25, 0.3) is 11.0 Å². The predicted molar refractivity (Wildman–Crippen MR) is 105 cm³/mol. The molecule has 0 unspecified atom stereocenters. The first-order valence-electron chi connectivity index (χ1n) is 8.20. The molecule has 0 fully saturated rings. The number of nitrogens with one attached hydrogen (secondary N) is 1. The van der Waals surface area contributed by atoms with E-state index >= 15 is 0 Å². The Balaban J connectivity index is 2.09. The number of hydrogen-bond acceptors (Lipinski definition) is 8. The van der Waals surface area contributed by atoms with Crippen molar-refractivity contribution in [2.75, 3.05) is 19.5 Å². The molecule has 0 amide bonds. The molecule has 0 saturated carbocycles. The van der Waals surface area contributed by atoms with Crippen LogP contribution in [0, 0.1) is 10.1 Å². The molecule has 0 atom stereocenters. The number of aromatic nitrogens is 2. The van der Waals surface area contributed by atoms with Crippen molar-refractivity contribution in [1.29, 1.82) is 0 Å². The number of methoxy groups -OCH3 is 2. The lowest BCUT2D eigenvalue weighted by molar-refractivity contribution is -0.384. The van der Waals surface area contributed by atoms with E-state index in [4.69, 9.17) is 9.47 Å². The molecule has 3 aromatic rings. The molecular formula is C17H17N4O7P. The maximum Gasteiger partial charge on any atom is 0.358 e. The molecule has 3 rings (SSSR count). The predicted octanol–water partition coefficient (Wildman–Crippen LogP) is 1.97. The van der Waals surface area contributed by atoms with Gasteiger partial charge in [0.1, 0.15) is 5.52 Å². The van der Waals surface area contributed by atoms with Gasteiger partial charge in [0.05, 0.1) is 30.0 Å². The lowest BCUT2D eigenvalue weighted by Crippen LogP contribution is -2.13. The first-order chi connectivity index (χ1) is 13.7. The van der Waals surface area contributed by atoms with E-state index in [1.54, 1.807) is 6.07 Å². The van der Waals surface area contributed by atoms with Crippen LogP contribution >= 0.6 is 7.60 Å². The lowest BCUT2D eigenvalue weighted by Gasteiger charge is -2.14. The third kappa shape index (κ3) is 4.27. The SMILES string of the molecule is COc1nc2cc([N+](=O)[O-])cc(CNc3ccccc3P(=O)(O)O)c2nc1OC. The Bertz CT molecular complexity index is 1130. The minimum atomic E-state index is -4.51. The third-order valence-electron chi connectivity index (χ3n) is 4.06. The summed E-state index contributed by atoms with van der Waals surface area (Å²) in [6.07, 6.45) is 0. The van der Waals surface area contributed by atoms with Crippen LogP contribution in [0.1, 0.15) is 5.56 Å². The number of anilines is 1. The molecule has 2 aromatic carbocycles. The van der Waals surface area contributed by atoms with E-state index in [1.165, 1.54) is 44.6 Å². The van der Waals surface area contributed by atoms with Gasteiger partial charge in [-0.3, -0.25) is 14.7 Å². The second kappa shape index (κ2) is 8.00. The maximum atomic E-state index is 11.7. The van der Waals surface area contributed by atoms with Crippen LogP contribution in [0.2, 0.25) is 0 Å². The Morgan fingerprint density at radius 1 is 1.14 bits per heavy atom. The van der Waals surface area contributed by atoms with Gasteiger partial charge in [0.25, 0.3) is 17.4 Å². The lowest BCUT2D eigenvalue weighted by atomic mass is 10.1.